The van der Waals surface area contributed by atoms with Crippen molar-refractivity contribution >= 4 is 11.9 Å². The van der Waals surface area contributed by atoms with Gasteiger partial charge in [-0.1, -0.05) is 49.7 Å². The molecule has 206 valence electrons. The molecule has 39 heavy (non-hydrogen) atoms. The van der Waals surface area contributed by atoms with Crippen LogP contribution in [0.5, 0.6) is 5.75 Å². The van der Waals surface area contributed by atoms with Gasteiger partial charge in [0.15, 0.2) is 0 Å². The van der Waals surface area contributed by atoms with Gasteiger partial charge in [-0.05, 0) is 78.8 Å². The van der Waals surface area contributed by atoms with Crippen molar-refractivity contribution in [2.75, 3.05) is 6.54 Å². The summed E-state index contributed by atoms with van der Waals surface area (Å²) in [7, 11) is 0. The van der Waals surface area contributed by atoms with Crippen LogP contribution in [0, 0.1) is 0 Å². The van der Waals surface area contributed by atoms with Crippen molar-refractivity contribution in [3.63, 3.8) is 0 Å². The number of carbonyl (C=O) groups excluding carboxylic acids is 1. The predicted molar refractivity (Wildman–Crippen MR) is 142 cm³/mol. The van der Waals surface area contributed by atoms with Crippen LogP contribution in [0.4, 0.5) is 13.2 Å². The molecule has 1 aliphatic rings. The molecule has 0 aliphatic carbocycles. The fraction of sp³-hybridized carbons (Fsp3) is 0.355. The van der Waals surface area contributed by atoms with Gasteiger partial charge in [-0.3, -0.25) is 9.59 Å². The highest BCUT2D eigenvalue weighted by Crippen LogP contribution is 2.36. The van der Waals surface area contributed by atoms with Gasteiger partial charge in [0.25, 0.3) is 5.91 Å². The highest BCUT2D eigenvalue weighted by Gasteiger charge is 2.33. The van der Waals surface area contributed by atoms with Crippen molar-refractivity contribution in [3.05, 3.63) is 100 Å². The van der Waals surface area contributed by atoms with Crippen molar-refractivity contribution in [2.45, 2.75) is 64.3 Å². The topological polar surface area (TPSA) is 66.8 Å². The number of rotatable bonds is 9. The number of aryl methyl sites for hydroxylation is 2. The Balaban J connectivity index is 1.49. The van der Waals surface area contributed by atoms with E-state index in [9.17, 15) is 27.9 Å². The third-order valence-corrected chi connectivity index (χ3v) is 6.97. The van der Waals surface area contributed by atoms with E-state index in [0.717, 1.165) is 48.3 Å². The molecular weight excluding hydrogens is 507 g/mol. The lowest BCUT2D eigenvalue weighted by molar-refractivity contribution is -0.139. The van der Waals surface area contributed by atoms with E-state index in [-0.39, 0.29) is 17.7 Å². The highest BCUT2D eigenvalue weighted by molar-refractivity contribution is 5.96. The second-order valence-corrected chi connectivity index (χ2v) is 10.4. The minimum absolute atomic E-state index is 0.194. The Kier molecular flexibility index (Phi) is 8.33. The summed E-state index contributed by atoms with van der Waals surface area (Å²) < 4.78 is 45.8. The Bertz CT molecular complexity index is 1340. The molecule has 0 radical (unpaired) electrons. The van der Waals surface area contributed by atoms with Gasteiger partial charge in [-0.2, -0.15) is 13.2 Å². The number of hydrogen-bond donors (Lipinski definition) is 1. The number of alkyl halides is 3. The summed E-state index contributed by atoms with van der Waals surface area (Å²) in [4.78, 5) is 25.8. The molecule has 1 amide bonds. The maximum Gasteiger partial charge on any atom is 0.416 e. The van der Waals surface area contributed by atoms with Crippen molar-refractivity contribution in [3.8, 4) is 5.75 Å². The van der Waals surface area contributed by atoms with Gasteiger partial charge in [-0.15, -0.1) is 0 Å². The van der Waals surface area contributed by atoms with E-state index in [2.05, 4.69) is 38.1 Å². The number of aliphatic carboxylic acids is 1. The lowest BCUT2D eigenvalue weighted by Crippen LogP contribution is -2.39. The zero-order chi connectivity index (χ0) is 28.2. The molecule has 4 rings (SSSR count). The van der Waals surface area contributed by atoms with E-state index < -0.39 is 35.8 Å². The molecule has 0 bridgehead atoms. The Morgan fingerprint density at radius 1 is 1.00 bits per heavy atom. The molecule has 1 aliphatic heterocycles. The Morgan fingerprint density at radius 2 is 1.72 bits per heavy atom. The first kappa shape index (κ1) is 28.2. The first-order chi connectivity index (χ1) is 18.5. The molecule has 0 fully saturated rings. The number of ether oxygens (including phenoxy) is 1. The van der Waals surface area contributed by atoms with Crippen LogP contribution in [0.25, 0.3) is 0 Å². The van der Waals surface area contributed by atoms with Gasteiger partial charge < -0.3 is 14.7 Å². The van der Waals surface area contributed by atoms with Crippen molar-refractivity contribution in [1.29, 1.82) is 0 Å². The van der Waals surface area contributed by atoms with Crippen LogP contribution in [-0.2, 0) is 36.8 Å². The Hall–Kier alpha value is -3.81. The molecule has 0 saturated heterocycles. The summed E-state index contributed by atoms with van der Waals surface area (Å²) in [6.07, 6.45) is -0.246. The third-order valence-electron chi connectivity index (χ3n) is 6.97. The zero-order valence-electron chi connectivity index (χ0n) is 22.1. The maximum atomic E-state index is 13.3. The number of halogens is 3. The van der Waals surface area contributed by atoms with Crippen LogP contribution >= 0.6 is 0 Å². The highest BCUT2D eigenvalue weighted by atomic mass is 19.4. The third kappa shape index (κ3) is 7.19. The monoisotopic (exact) mass is 539 g/mol. The van der Waals surface area contributed by atoms with Crippen molar-refractivity contribution < 1.29 is 32.6 Å². The summed E-state index contributed by atoms with van der Waals surface area (Å²) in [6.45, 7) is 3.31. The predicted octanol–water partition coefficient (Wildman–Crippen LogP) is 6.71. The normalized spacial score (nSPS) is 16.7. The van der Waals surface area contributed by atoms with Crippen LogP contribution in [0.2, 0.25) is 0 Å². The SMILES string of the molecule is CCCc1ccc(CC2(C)CCc3cc(C(=O)N(CC(=O)O)Cc4cccc(C(F)(F)F)c4)ccc3O2)cc1. The summed E-state index contributed by atoms with van der Waals surface area (Å²) in [5.41, 5.74) is 2.53. The van der Waals surface area contributed by atoms with E-state index in [0.29, 0.717) is 12.2 Å². The lowest BCUT2D eigenvalue weighted by Gasteiger charge is -2.36. The fourth-order valence-electron chi connectivity index (χ4n) is 5.00. The van der Waals surface area contributed by atoms with E-state index in [4.69, 9.17) is 4.74 Å². The van der Waals surface area contributed by atoms with E-state index in [1.54, 1.807) is 18.2 Å². The van der Waals surface area contributed by atoms with Gasteiger partial charge in [0, 0.05) is 18.5 Å². The largest absolute Gasteiger partial charge is 0.487 e. The molecule has 5 nitrogen and oxygen atoms in total. The van der Waals surface area contributed by atoms with Gasteiger partial charge in [0.2, 0.25) is 0 Å². The average molecular weight is 540 g/mol. The summed E-state index contributed by atoms with van der Waals surface area (Å²) in [5, 5.41) is 9.36. The molecule has 0 aromatic heterocycles. The van der Waals surface area contributed by atoms with Crippen LogP contribution in [0.1, 0.15) is 64.9 Å². The maximum absolute atomic E-state index is 13.3. The van der Waals surface area contributed by atoms with E-state index in [1.807, 2.05) is 0 Å². The minimum Gasteiger partial charge on any atom is -0.487 e. The van der Waals surface area contributed by atoms with E-state index in [1.165, 1.54) is 23.3 Å². The summed E-state index contributed by atoms with van der Waals surface area (Å²) >= 11 is 0. The molecule has 1 heterocycles. The van der Waals surface area contributed by atoms with Gasteiger partial charge in [-0.25, -0.2) is 0 Å². The van der Waals surface area contributed by atoms with Gasteiger partial charge in [0.05, 0.1) is 5.56 Å². The first-order valence-corrected chi connectivity index (χ1v) is 13.0. The molecule has 1 N–H and O–H groups in total. The van der Waals surface area contributed by atoms with Gasteiger partial charge >= 0.3 is 12.1 Å². The molecule has 3 aromatic rings. The fourth-order valence-corrected chi connectivity index (χ4v) is 5.00. The standard InChI is InChI=1S/C31H32F3NO4/c1-3-5-21-8-10-22(11-9-21)18-30(2)15-14-24-17-25(12-13-27(24)39-30)29(38)35(20-28(36)37)19-23-6-4-7-26(16-23)31(32,33)34/h4,6-13,16-17H,3,5,14-15,18-20H2,1-2H3,(H,36,37). The Labute approximate surface area is 226 Å². The molecule has 1 unspecified atom stereocenters. The number of hydrogen-bond acceptors (Lipinski definition) is 3. The quantitative estimate of drug-likeness (QED) is 0.328. The number of amides is 1. The zero-order valence-corrected chi connectivity index (χ0v) is 22.1. The number of benzene rings is 3. The summed E-state index contributed by atoms with van der Waals surface area (Å²) in [5.74, 6) is -1.15. The number of fused-ring (bicyclic) bond motifs is 1. The second kappa shape index (κ2) is 11.5. The molecular formula is C31H32F3NO4. The number of carboxylic acids is 1. The molecule has 3 aromatic carbocycles. The van der Waals surface area contributed by atoms with Crippen LogP contribution < -0.4 is 4.74 Å². The molecule has 0 saturated carbocycles. The van der Waals surface area contributed by atoms with Crippen LogP contribution in [0.15, 0.2) is 66.7 Å². The lowest BCUT2D eigenvalue weighted by atomic mass is 9.86. The van der Waals surface area contributed by atoms with E-state index >= 15 is 0 Å². The second-order valence-electron chi connectivity index (χ2n) is 10.4. The van der Waals surface area contributed by atoms with Gasteiger partial charge in [0.1, 0.15) is 17.9 Å². The first-order valence-electron chi connectivity index (χ1n) is 13.0. The number of nitrogens with zero attached hydrogens (tertiary/aromatic N) is 1. The van der Waals surface area contributed by atoms with Crippen molar-refractivity contribution in [2.24, 2.45) is 0 Å². The Morgan fingerprint density at radius 3 is 2.38 bits per heavy atom. The van der Waals surface area contributed by atoms with Crippen LogP contribution in [0.3, 0.4) is 0 Å². The van der Waals surface area contributed by atoms with Crippen LogP contribution in [-0.4, -0.2) is 34.0 Å². The molecule has 0 spiro atoms. The van der Waals surface area contributed by atoms with Crippen molar-refractivity contribution in [1.82, 2.24) is 4.90 Å². The molecule has 8 heteroatoms. The summed E-state index contributed by atoms with van der Waals surface area (Å²) in [6, 6.07) is 18.1. The average Bonchev–Trinajstić information content (AvgIpc) is 2.88. The smallest absolute Gasteiger partial charge is 0.416 e. The number of carbonyl (C=O) groups is 2. The minimum atomic E-state index is -4.54. The number of carboxylic acid groups (broad SMARTS) is 1. The molecule has 1 atom stereocenters.